The van der Waals surface area contributed by atoms with E-state index in [-0.39, 0.29) is 24.2 Å². The normalized spacial score (nSPS) is 11.4. The van der Waals surface area contributed by atoms with Gasteiger partial charge >= 0.3 is 6.18 Å². The third kappa shape index (κ3) is 5.09. The van der Waals surface area contributed by atoms with Crippen LogP contribution >= 0.6 is 0 Å². The monoisotopic (exact) mass is 302 g/mol. The zero-order valence-electron chi connectivity index (χ0n) is 12.0. The van der Waals surface area contributed by atoms with E-state index < -0.39 is 17.6 Å². The minimum absolute atomic E-state index is 0.0843. The SMILES string of the molecule is CC(=O)N(CC(=O)NC(C)C)c1ccc(C(F)(F)F)cc1. The Labute approximate surface area is 120 Å². The summed E-state index contributed by atoms with van der Waals surface area (Å²) in [7, 11) is 0. The first-order chi connectivity index (χ1) is 9.61. The number of halogens is 3. The number of anilines is 1. The van der Waals surface area contributed by atoms with Crippen LogP contribution in [0.15, 0.2) is 24.3 Å². The van der Waals surface area contributed by atoms with E-state index in [9.17, 15) is 22.8 Å². The number of carbonyl (C=O) groups excluding carboxylic acids is 2. The molecule has 0 fully saturated rings. The summed E-state index contributed by atoms with van der Waals surface area (Å²) >= 11 is 0. The molecule has 4 nitrogen and oxygen atoms in total. The first kappa shape index (κ1) is 17.0. The van der Waals surface area contributed by atoms with Crippen molar-refractivity contribution < 1.29 is 22.8 Å². The molecule has 0 atom stereocenters. The van der Waals surface area contributed by atoms with Gasteiger partial charge < -0.3 is 10.2 Å². The number of benzene rings is 1. The number of amides is 2. The summed E-state index contributed by atoms with van der Waals surface area (Å²) in [6.07, 6.45) is -4.44. The second kappa shape index (κ2) is 6.60. The van der Waals surface area contributed by atoms with Gasteiger partial charge in [0, 0.05) is 18.7 Å². The topological polar surface area (TPSA) is 49.4 Å². The molecule has 0 aromatic heterocycles. The molecule has 0 aliphatic carbocycles. The van der Waals surface area contributed by atoms with Crippen LogP contribution in [0.1, 0.15) is 26.3 Å². The van der Waals surface area contributed by atoms with Crippen molar-refractivity contribution in [3.8, 4) is 0 Å². The van der Waals surface area contributed by atoms with Crippen molar-refractivity contribution >= 4 is 17.5 Å². The summed E-state index contributed by atoms with van der Waals surface area (Å²) < 4.78 is 37.5. The molecule has 2 amide bonds. The highest BCUT2D eigenvalue weighted by molar-refractivity contribution is 5.97. The van der Waals surface area contributed by atoms with Crippen molar-refractivity contribution in [2.75, 3.05) is 11.4 Å². The number of nitrogens with zero attached hydrogens (tertiary/aromatic N) is 1. The lowest BCUT2D eigenvalue weighted by Gasteiger charge is -2.22. The van der Waals surface area contributed by atoms with E-state index in [4.69, 9.17) is 0 Å². The number of carbonyl (C=O) groups is 2. The number of hydrogen-bond donors (Lipinski definition) is 1. The summed E-state index contributed by atoms with van der Waals surface area (Å²) in [5, 5.41) is 2.62. The zero-order chi connectivity index (χ0) is 16.2. The smallest absolute Gasteiger partial charge is 0.352 e. The molecule has 1 rings (SSSR count). The largest absolute Gasteiger partial charge is 0.416 e. The number of rotatable bonds is 4. The van der Waals surface area contributed by atoms with Crippen LogP contribution in [0.2, 0.25) is 0 Å². The van der Waals surface area contributed by atoms with Gasteiger partial charge in [0.1, 0.15) is 6.54 Å². The van der Waals surface area contributed by atoms with Gasteiger partial charge in [-0.3, -0.25) is 9.59 Å². The van der Waals surface area contributed by atoms with Gasteiger partial charge in [-0.25, -0.2) is 0 Å². The number of nitrogens with one attached hydrogen (secondary N) is 1. The Kier molecular flexibility index (Phi) is 5.34. The van der Waals surface area contributed by atoms with E-state index in [1.165, 1.54) is 19.1 Å². The molecule has 0 bridgehead atoms. The van der Waals surface area contributed by atoms with E-state index in [1.54, 1.807) is 13.8 Å². The first-order valence-electron chi connectivity index (χ1n) is 6.36. The Balaban J connectivity index is 2.91. The quantitative estimate of drug-likeness (QED) is 0.929. The minimum atomic E-state index is -4.44. The fourth-order valence-corrected chi connectivity index (χ4v) is 1.73. The summed E-state index contributed by atoms with van der Waals surface area (Å²) in [6.45, 7) is 4.56. The van der Waals surface area contributed by atoms with Crippen LogP contribution in [0.4, 0.5) is 18.9 Å². The lowest BCUT2D eigenvalue weighted by atomic mass is 10.2. The average Bonchev–Trinajstić information content (AvgIpc) is 2.34. The Morgan fingerprint density at radius 2 is 1.71 bits per heavy atom. The zero-order valence-corrected chi connectivity index (χ0v) is 12.0. The summed E-state index contributed by atoms with van der Waals surface area (Å²) in [5.74, 6) is -0.797. The van der Waals surface area contributed by atoms with Crippen LogP contribution < -0.4 is 10.2 Å². The summed E-state index contributed by atoms with van der Waals surface area (Å²) in [5.41, 5.74) is -0.559. The Hall–Kier alpha value is -2.05. The second-order valence-electron chi connectivity index (χ2n) is 4.87. The van der Waals surface area contributed by atoms with Gasteiger partial charge in [-0.2, -0.15) is 13.2 Å². The maximum absolute atomic E-state index is 12.5. The lowest BCUT2D eigenvalue weighted by molar-refractivity contribution is -0.137. The molecular formula is C14H17F3N2O2. The standard InChI is InChI=1S/C14H17F3N2O2/c1-9(2)18-13(21)8-19(10(3)20)12-6-4-11(5-7-12)14(15,16)17/h4-7,9H,8H2,1-3H3,(H,18,21). The third-order valence-corrected chi connectivity index (χ3v) is 2.64. The van der Waals surface area contributed by atoms with Crippen LogP contribution in [0.5, 0.6) is 0 Å². The van der Waals surface area contributed by atoms with E-state index in [0.717, 1.165) is 17.0 Å². The van der Waals surface area contributed by atoms with Gasteiger partial charge in [-0.1, -0.05) is 0 Å². The van der Waals surface area contributed by atoms with Crippen molar-refractivity contribution in [1.82, 2.24) is 5.32 Å². The van der Waals surface area contributed by atoms with E-state index in [0.29, 0.717) is 0 Å². The van der Waals surface area contributed by atoms with E-state index in [1.807, 2.05) is 0 Å². The number of hydrogen-bond acceptors (Lipinski definition) is 2. The maximum Gasteiger partial charge on any atom is 0.416 e. The maximum atomic E-state index is 12.5. The van der Waals surface area contributed by atoms with Crippen molar-refractivity contribution in [1.29, 1.82) is 0 Å². The molecule has 0 unspecified atom stereocenters. The summed E-state index contributed by atoms with van der Waals surface area (Å²) in [4.78, 5) is 24.4. The predicted octanol–water partition coefficient (Wildman–Crippen LogP) is 2.58. The Morgan fingerprint density at radius 1 is 1.19 bits per heavy atom. The minimum Gasteiger partial charge on any atom is -0.352 e. The third-order valence-electron chi connectivity index (χ3n) is 2.64. The van der Waals surface area contributed by atoms with Crippen LogP contribution in [0, 0.1) is 0 Å². The molecule has 0 saturated carbocycles. The highest BCUT2D eigenvalue weighted by Crippen LogP contribution is 2.30. The predicted molar refractivity (Wildman–Crippen MR) is 72.7 cm³/mol. The fourth-order valence-electron chi connectivity index (χ4n) is 1.73. The number of alkyl halides is 3. The molecule has 116 valence electrons. The molecule has 0 heterocycles. The molecule has 0 radical (unpaired) electrons. The van der Waals surface area contributed by atoms with Gasteiger partial charge in [0.2, 0.25) is 11.8 Å². The molecular weight excluding hydrogens is 285 g/mol. The molecule has 0 aliphatic rings. The van der Waals surface area contributed by atoms with Crippen LogP contribution in [0.3, 0.4) is 0 Å². The molecule has 21 heavy (non-hydrogen) atoms. The van der Waals surface area contributed by atoms with Gasteiger partial charge in [0.15, 0.2) is 0 Å². The Bertz CT molecular complexity index is 510. The summed E-state index contributed by atoms with van der Waals surface area (Å²) in [6, 6.07) is 4.02. The highest BCUT2D eigenvalue weighted by Gasteiger charge is 2.30. The average molecular weight is 302 g/mol. The van der Waals surface area contributed by atoms with Gasteiger partial charge in [-0.05, 0) is 38.1 Å². The van der Waals surface area contributed by atoms with E-state index >= 15 is 0 Å². The first-order valence-corrected chi connectivity index (χ1v) is 6.36. The molecule has 0 saturated heterocycles. The fraction of sp³-hybridized carbons (Fsp3) is 0.429. The van der Waals surface area contributed by atoms with Crippen molar-refractivity contribution in [2.45, 2.75) is 33.0 Å². The second-order valence-corrected chi connectivity index (χ2v) is 4.87. The van der Waals surface area contributed by atoms with E-state index in [2.05, 4.69) is 5.32 Å². The molecule has 7 heteroatoms. The van der Waals surface area contributed by atoms with Crippen molar-refractivity contribution in [3.63, 3.8) is 0 Å². The van der Waals surface area contributed by atoms with Crippen LogP contribution in [-0.4, -0.2) is 24.4 Å². The van der Waals surface area contributed by atoms with Crippen molar-refractivity contribution in [3.05, 3.63) is 29.8 Å². The molecule has 0 aliphatic heterocycles. The lowest BCUT2D eigenvalue weighted by Crippen LogP contribution is -2.42. The van der Waals surface area contributed by atoms with Gasteiger partial charge in [0.05, 0.1) is 5.56 Å². The molecule has 1 aromatic carbocycles. The Morgan fingerprint density at radius 3 is 2.10 bits per heavy atom. The molecule has 1 N–H and O–H groups in total. The van der Waals surface area contributed by atoms with Gasteiger partial charge in [0.25, 0.3) is 0 Å². The van der Waals surface area contributed by atoms with Gasteiger partial charge in [-0.15, -0.1) is 0 Å². The molecule has 1 aromatic rings. The van der Waals surface area contributed by atoms with Crippen molar-refractivity contribution in [2.24, 2.45) is 0 Å². The highest BCUT2D eigenvalue weighted by atomic mass is 19.4. The molecule has 0 spiro atoms. The van der Waals surface area contributed by atoms with Crippen LogP contribution in [-0.2, 0) is 15.8 Å². The van der Waals surface area contributed by atoms with Crippen LogP contribution in [0.25, 0.3) is 0 Å².